The number of aromatic nitrogens is 19. The van der Waals surface area contributed by atoms with Crippen LogP contribution in [0.1, 0.15) is 129 Å². The van der Waals surface area contributed by atoms with Crippen molar-refractivity contribution in [1.29, 1.82) is 0 Å². The van der Waals surface area contributed by atoms with E-state index in [2.05, 4.69) is 60.4 Å². The van der Waals surface area contributed by atoms with E-state index in [0.717, 1.165) is 16.7 Å². The van der Waals surface area contributed by atoms with Crippen LogP contribution in [0.15, 0.2) is 143 Å². The number of aliphatic imine (C=N–C) groups is 1. The molecular formula is C70H82N24O7. The number of amidine groups is 1. The second kappa shape index (κ2) is 28.0. The third kappa shape index (κ3) is 15.2. The van der Waals surface area contributed by atoms with Gasteiger partial charge in [0, 0.05) is 91.1 Å². The van der Waals surface area contributed by atoms with E-state index in [1.54, 1.807) is 108 Å². The van der Waals surface area contributed by atoms with Crippen molar-refractivity contribution in [1.82, 2.24) is 94.5 Å². The number of aliphatic carboxylic acids is 1. The van der Waals surface area contributed by atoms with Crippen molar-refractivity contribution in [3.05, 3.63) is 163 Å². The fourth-order valence-electron chi connectivity index (χ4n) is 11.5. The third-order valence-corrected chi connectivity index (χ3v) is 19.0. The Bertz CT molecular complexity index is 4720. The van der Waals surface area contributed by atoms with Gasteiger partial charge in [-0.1, -0.05) is 56.2 Å². The number of nitrogens with two attached hydrogens (primary N) is 4. The summed E-state index contributed by atoms with van der Waals surface area (Å²) in [6, 6.07) is 11.4. The van der Waals surface area contributed by atoms with Crippen molar-refractivity contribution in [3.8, 4) is 56.7 Å². The Labute approximate surface area is 582 Å². The zero-order valence-electron chi connectivity index (χ0n) is 58.5. The maximum atomic E-state index is 13.9. The highest BCUT2D eigenvalue weighted by molar-refractivity contribution is 6.05. The number of pyridine rings is 3. The number of carbonyl (C=O) groups excluding carboxylic acids is 1. The lowest BCUT2D eigenvalue weighted by atomic mass is 9.72. The van der Waals surface area contributed by atoms with Crippen LogP contribution in [0.4, 0.5) is 17.8 Å². The van der Waals surface area contributed by atoms with Crippen molar-refractivity contribution in [2.24, 2.45) is 33.9 Å². The first-order valence-electron chi connectivity index (χ1n) is 32.6. The maximum absolute atomic E-state index is 13.9. The summed E-state index contributed by atoms with van der Waals surface area (Å²) in [6.45, 7) is 26.3. The lowest BCUT2D eigenvalue weighted by Crippen LogP contribution is -2.43. The lowest BCUT2D eigenvalue weighted by Gasteiger charge is -2.35. The SMILES string of the molecule is CC(C)C(C)(C(N)=NC(=O)c1cnn(CC(C)(C)OCC(C)C(C)(c2ccc(-c3cnc(N)nc3)nc2)c2noc(-c3cnn(CC(C)(C)OCC(C)C(C)(c4ccc(-c5cnc(N)nc5)nc4)c4noc(-c5cnn(CC(C)(C)C(=O)O)c5)n4)c3)n2)c1)c1ccc(-c2cnc(N)nc2)nc1. The number of hydrogen-bond acceptors (Lipinski definition) is 25. The molecule has 5 atom stereocenters. The van der Waals surface area contributed by atoms with Gasteiger partial charge >= 0.3 is 5.97 Å². The summed E-state index contributed by atoms with van der Waals surface area (Å²) in [7, 11) is 0. The van der Waals surface area contributed by atoms with E-state index in [4.69, 9.17) is 66.5 Å². The number of carboxylic acids is 1. The molecule has 0 aliphatic heterocycles. The monoisotopic (exact) mass is 1370 g/mol. The molecule has 31 heteroatoms. The van der Waals surface area contributed by atoms with Gasteiger partial charge in [0.2, 0.25) is 17.8 Å². The van der Waals surface area contributed by atoms with E-state index in [1.165, 1.54) is 6.20 Å². The van der Waals surface area contributed by atoms with Gasteiger partial charge in [0.25, 0.3) is 17.7 Å². The van der Waals surface area contributed by atoms with E-state index < -0.39 is 44.7 Å². The van der Waals surface area contributed by atoms with E-state index in [9.17, 15) is 14.7 Å². The molecule has 9 N–H and O–H groups in total. The van der Waals surface area contributed by atoms with Crippen LogP contribution < -0.4 is 22.9 Å². The normalized spacial score (nSPS) is 14.9. The van der Waals surface area contributed by atoms with Gasteiger partial charge in [0.1, 0.15) is 5.84 Å². The summed E-state index contributed by atoms with van der Waals surface area (Å²) in [5, 5.41) is 32.6. The number of ether oxygens (including phenoxy) is 2. The molecule has 0 saturated carbocycles. The number of amides is 1. The summed E-state index contributed by atoms with van der Waals surface area (Å²) in [5.41, 5.74) is 26.2. The van der Waals surface area contributed by atoms with Gasteiger partial charge in [-0.15, -0.1) is 0 Å². The van der Waals surface area contributed by atoms with Gasteiger partial charge in [-0.3, -0.25) is 38.6 Å². The molecule has 11 aromatic rings. The van der Waals surface area contributed by atoms with Crippen LogP contribution >= 0.6 is 0 Å². The predicted octanol–water partition coefficient (Wildman–Crippen LogP) is 8.78. The smallest absolute Gasteiger partial charge is 0.310 e. The molecular weight excluding hydrogens is 1290 g/mol. The van der Waals surface area contributed by atoms with Gasteiger partial charge < -0.3 is 46.6 Å². The van der Waals surface area contributed by atoms with Crippen molar-refractivity contribution in [2.45, 2.75) is 137 Å². The molecule has 0 aliphatic carbocycles. The van der Waals surface area contributed by atoms with E-state index in [0.29, 0.717) is 63.1 Å². The molecule has 101 heavy (non-hydrogen) atoms. The van der Waals surface area contributed by atoms with Crippen molar-refractivity contribution < 1.29 is 33.2 Å². The summed E-state index contributed by atoms with van der Waals surface area (Å²) in [4.78, 5) is 79.2. The molecule has 0 aliphatic rings. The number of nitrogens with zero attached hydrogens (tertiary/aromatic N) is 20. The Morgan fingerprint density at radius 1 is 0.495 bits per heavy atom. The topological polar surface area (TPSA) is 437 Å². The fraction of sp³-hybridized carbons (Fsp3) is 0.386. The van der Waals surface area contributed by atoms with Crippen LogP contribution in [0.3, 0.4) is 0 Å². The molecule has 0 radical (unpaired) electrons. The van der Waals surface area contributed by atoms with Crippen LogP contribution in [0, 0.1) is 23.2 Å². The van der Waals surface area contributed by atoms with E-state index >= 15 is 0 Å². The van der Waals surface area contributed by atoms with Crippen molar-refractivity contribution in [3.63, 3.8) is 0 Å². The first kappa shape index (κ1) is 70.8. The van der Waals surface area contributed by atoms with E-state index in [-0.39, 0.29) is 85.1 Å². The fourth-order valence-corrected chi connectivity index (χ4v) is 11.5. The lowest BCUT2D eigenvalue weighted by molar-refractivity contribution is -0.147. The van der Waals surface area contributed by atoms with Crippen LogP contribution in [-0.4, -0.2) is 142 Å². The number of anilines is 3. The second-order valence-corrected chi connectivity index (χ2v) is 28.1. The van der Waals surface area contributed by atoms with Gasteiger partial charge in [0.15, 0.2) is 11.6 Å². The molecule has 11 aromatic heterocycles. The number of carbonyl (C=O) groups is 2. The molecule has 31 nitrogen and oxygen atoms in total. The molecule has 0 spiro atoms. The minimum atomic E-state index is -1.07. The second-order valence-electron chi connectivity index (χ2n) is 28.1. The molecule has 0 bridgehead atoms. The molecule has 1 amide bonds. The molecule has 0 fully saturated rings. The molecule has 11 heterocycles. The van der Waals surface area contributed by atoms with Gasteiger partial charge in [-0.05, 0) is 115 Å². The third-order valence-electron chi connectivity index (χ3n) is 19.0. The number of nitrogen functional groups attached to an aromatic ring is 3. The molecule has 5 unspecified atom stereocenters. The Morgan fingerprint density at radius 2 is 0.871 bits per heavy atom. The Morgan fingerprint density at radius 3 is 1.25 bits per heavy atom. The quantitative estimate of drug-likeness (QED) is 0.0226. The minimum Gasteiger partial charge on any atom is -0.481 e. The summed E-state index contributed by atoms with van der Waals surface area (Å²) in [6.07, 6.45) is 24.8. The van der Waals surface area contributed by atoms with Crippen LogP contribution in [-0.2, 0) is 50.1 Å². The zero-order valence-corrected chi connectivity index (χ0v) is 58.5. The highest BCUT2D eigenvalue weighted by Gasteiger charge is 2.44. The number of carboxylic acid groups (broad SMARTS) is 1. The van der Waals surface area contributed by atoms with Crippen LogP contribution in [0.25, 0.3) is 56.7 Å². The van der Waals surface area contributed by atoms with Crippen LogP contribution in [0.5, 0.6) is 0 Å². The van der Waals surface area contributed by atoms with Gasteiger partial charge in [-0.2, -0.15) is 30.3 Å². The molecule has 0 aromatic carbocycles. The van der Waals surface area contributed by atoms with Gasteiger partial charge in [-0.25, -0.2) is 29.9 Å². The Balaban J connectivity index is 0.783. The van der Waals surface area contributed by atoms with Crippen molar-refractivity contribution in [2.75, 3.05) is 30.4 Å². The summed E-state index contributed by atoms with van der Waals surface area (Å²) >= 11 is 0. The first-order valence-corrected chi connectivity index (χ1v) is 32.6. The summed E-state index contributed by atoms with van der Waals surface area (Å²) in [5.74, 6) is -0.414. The van der Waals surface area contributed by atoms with E-state index in [1.807, 2.05) is 119 Å². The highest BCUT2D eigenvalue weighted by atomic mass is 16.5. The summed E-state index contributed by atoms with van der Waals surface area (Å²) < 4.78 is 30.5. The standard InChI is InChI=1S/C70H82N24O7/c1-40(2)68(11,49-14-17-52(75-29-49)43-20-78-62(72)79-21-43)58(71)87-55(95)46-26-84-93(32-46)38-66(7,8)98-35-41(3)70(13,51-16-19-54(77-31-51)45-24-82-64(74)83-25-45)60-89-57(101-91-60)48-28-86-94(34-48)39-67(9,10)99-36-42(4)69(12,50-15-18-53(76-30-50)44-22-80-63(73)81-23-44)59-88-56(100-90-59)47-27-85-92(33-47)37-65(5,6)61(96)97/h14-34,40-42H,35-39H2,1-13H3,(H,96,97)(H2,71,87,95)(H2,72,78,79)(H2,73,80,81)(H2,74,82,83). The molecule has 524 valence electrons. The zero-order chi connectivity index (χ0) is 72.4. The largest absolute Gasteiger partial charge is 0.481 e. The highest BCUT2D eigenvalue weighted by Crippen LogP contribution is 2.42. The average Bonchev–Trinajstić information content (AvgIpc) is 1.74. The average molecular weight is 1370 g/mol. The van der Waals surface area contributed by atoms with Gasteiger partial charge in [0.05, 0.1) is 118 Å². The van der Waals surface area contributed by atoms with Crippen molar-refractivity contribution >= 4 is 35.6 Å². The molecule has 11 rings (SSSR count). The molecule has 0 saturated heterocycles. The number of rotatable bonds is 28. The Hall–Kier alpha value is -11.5. The minimum absolute atomic E-state index is 0.0687. The first-order chi connectivity index (χ1) is 47.8. The maximum Gasteiger partial charge on any atom is 0.310 e. The predicted molar refractivity (Wildman–Crippen MR) is 373 cm³/mol. The number of hydrogen-bond donors (Lipinski definition) is 5. The van der Waals surface area contributed by atoms with Crippen LogP contribution in [0.2, 0.25) is 0 Å². The Kier molecular flexibility index (Phi) is 19.7.